The van der Waals surface area contributed by atoms with Gasteiger partial charge in [0.05, 0.1) is 16.6 Å². The summed E-state index contributed by atoms with van der Waals surface area (Å²) in [6.07, 6.45) is 0.931. The summed E-state index contributed by atoms with van der Waals surface area (Å²) in [5.41, 5.74) is 4.71. The Morgan fingerprint density at radius 1 is 1.17 bits per heavy atom. The molecule has 0 fully saturated rings. The van der Waals surface area contributed by atoms with Gasteiger partial charge in [0.1, 0.15) is 17.7 Å². The van der Waals surface area contributed by atoms with Gasteiger partial charge in [-0.1, -0.05) is 12.1 Å². The lowest BCUT2D eigenvalue weighted by Crippen LogP contribution is -2.10. The fourth-order valence-electron chi connectivity index (χ4n) is 3.03. The average molecular weight is 319 g/mol. The van der Waals surface area contributed by atoms with Crippen molar-refractivity contribution in [3.8, 4) is 6.07 Å². The number of hydrogen-bond acceptors (Lipinski definition) is 4. The number of benzene rings is 1. The van der Waals surface area contributed by atoms with Crippen LogP contribution < -0.4 is 5.32 Å². The summed E-state index contributed by atoms with van der Waals surface area (Å²) in [6, 6.07) is 12.4. The van der Waals surface area contributed by atoms with E-state index >= 15 is 0 Å². The third-order valence-electron chi connectivity index (χ3n) is 4.15. The van der Waals surface area contributed by atoms with Crippen molar-refractivity contribution in [2.24, 2.45) is 0 Å². The van der Waals surface area contributed by atoms with Crippen molar-refractivity contribution in [3.05, 3.63) is 53.0 Å². The summed E-state index contributed by atoms with van der Waals surface area (Å²) in [5.74, 6) is 1.71. The van der Waals surface area contributed by atoms with Crippen LogP contribution in [0.2, 0.25) is 0 Å². The van der Waals surface area contributed by atoms with Crippen LogP contribution in [0.3, 0.4) is 0 Å². The molecule has 5 heteroatoms. The number of nitrogens with zero attached hydrogens (tertiary/aromatic N) is 4. The van der Waals surface area contributed by atoms with E-state index in [1.807, 2.05) is 45.0 Å². The standard InChI is InChI=1S/C19H21N5/c1-13-11-14(2)22-19(16(13)12-20)21-9-6-10-24-15(3)23-17-7-4-5-8-18(17)24/h4-5,7-8,11H,6,9-10H2,1-3H3,(H,21,22). The Hall–Kier alpha value is -2.87. The highest BCUT2D eigenvalue weighted by Gasteiger charge is 2.09. The molecule has 0 amide bonds. The van der Waals surface area contributed by atoms with Gasteiger partial charge in [0, 0.05) is 18.8 Å². The van der Waals surface area contributed by atoms with E-state index in [0.29, 0.717) is 11.4 Å². The van der Waals surface area contributed by atoms with Gasteiger partial charge >= 0.3 is 0 Å². The molecule has 0 saturated carbocycles. The minimum atomic E-state index is 0.630. The van der Waals surface area contributed by atoms with Crippen LogP contribution in [-0.4, -0.2) is 21.1 Å². The molecule has 3 aromatic rings. The minimum absolute atomic E-state index is 0.630. The number of pyridine rings is 1. The number of aromatic nitrogens is 3. The van der Waals surface area contributed by atoms with Gasteiger partial charge in [-0.2, -0.15) is 5.26 Å². The predicted octanol–water partition coefficient (Wildman–Crippen LogP) is 3.73. The first kappa shape index (κ1) is 16.0. The molecule has 0 aliphatic carbocycles. The van der Waals surface area contributed by atoms with Crippen LogP contribution in [0.5, 0.6) is 0 Å². The predicted molar refractivity (Wildman–Crippen MR) is 96.0 cm³/mol. The fraction of sp³-hybridized carbons (Fsp3) is 0.316. The van der Waals surface area contributed by atoms with Crippen molar-refractivity contribution in [3.63, 3.8) is 0 Å². The highest BCUT2D eigenvalue weighted by molar-refractivity contribution is 5.75. The first-order valence-corrected chi connectivity index (χ1v) is 8.14. The third kappa shape index (κ3) is 3.09. The lowest BCUT2D eigenvalue weighted by Gasteiger charge is -2.11. The molecule has 0 atom stereocenters. The van der Waals surface area contributed by atoms with E-state index in [1.54, 1.807) is 0 Å². The first-order chi connectivity index (χ1) is 11.6. The molecule has 1 aromatic carbocycles. The summed E-state index contributed by atoms with van der Waals surface area (Å²) in [5, 5.41) is 12.6. The number of fused-ring (bicyclic) bond motifs is 1. The van der Waals surface area contributed by atoms with Crippen LogP contribution in [-0.2, 0) is 6.54 Å². The molecule has 24 heavy (non-hydrogen) atoms. The SMILES string of the molecule is Cc1cc(C)c(C#N)c(NCCCn2c(C)nc3ccccc32)n1. The first-order valence-electron chi connectivity index (χ1n) is 8.14. The molecule has 0 bridgehead atoms. The van der Waals surface area contributed by atoms with E-state index in [1.165, 1.54) is 0 Å². The zero-order valence-electron chi connectivity index (χ0n) is 14.3. The Labute approximate surface area is 142 Å². The molecule has 122 valence electrons. The van der Waals surface area contributed by atoms with Gasteiger partial charge in [0.15, 0.2) is 0 Å². The van der Waals surface area contributed by atoms with E-state index in [9.17, 15) is 5.26 Å². The van der Waals surface area contributed by atoms with E-state index in [0.717, 1.165) is 47.6 Å². The number of hydrogen-bond donors (Lipinski definition) is 1. The molecule has 1 N–H and O–H groups in total. The maximum absolute atomic E-state index is 9.31. The number of para-hydroxylation sites is 2. The summed E-state index contributed by atoms with van der Waals surface area (Å²) in [4.78, 5) is 9.04. The number of rotatable bonds is 5. The van der Waals surface area contributed by atoms with Crippen LogP contribution >= 0.6 is 0 Å². The fourth-order valence-corrected chi connectivity index (χ4v) is 3.03. The van der Waals surface area contributed by atoms with Crippen LogP contribution in [0.1, 0.15) is 29.1 Å². The van der Waals surface area contributed by atoms with Crippen LogP contribution in [0.25, 0.3) is 11.0 Å². The molecular weight excluding hydrogens is 298 g/mol. The lowest BCUT2D eigenvalue weighted by molar-refractivity contribution is 0.658. The van der Waals surface area contributed by atoms with Gasteiger partial charge in [-0.15, -0.1) is 0 Å². The van der Waals surface area contributed by atoms with E-state index in [2.05, 4.69) is 32.0 Å². The van der Waals surface area contributed by atoms with Crippen LogP contribution in [0, 0.1) is 32.1 Å². The van der Waals surface area contributed by atoms with Gasteiger partial charge in [-0.3, -0.25) is 0 Å². The van der Waals surface area contributed by atoms with Crippen molar-refractivity contribution in [2.45, 2.75) is 33.7 Å². The Kier molecular flexibility index (Phi) is 4.48. The van der Waals surface area contributed by atoms with Crippen LogP contribution in [0.4, 0.5) is 5.82 Å². The van der Waals surface area contributed by atoms with Gasteiger partial charge in [0.25, 0.3) is 0 Å². The summed E-state index contributed by atoms with van der Waals surface area (Å²) in [7, 11) is 0. The summed E-state index contributed by atoms with van der Waals surface area (Å²) >= 11 is 0. The van der Waals surface area contributed by atoms with Crippen molar-refractivity contribution in [2.75, 3.05) is 11.9 Å². The van der Waals surface area contributed by atoms with Crippen LogP contribution in [0.15, 0.2) is 30.3 Å². The quantitative estimate of drug-likeness (QED) is 0.728. The molecule has 0 aliphatic rings. The van der Waals surface area contributed by atoms with E-state index in [-0.39, 0.29) is 0 Å². The molecule has 2 heterocycles. The molecule has 0 unspecified atom stereocenters. The summed E-state index contributed by atoms with van der Waals surface area (Å²) < 4.78 is 2.23. The Morgan fingerprint density at radius 3 is 2.75 bits per heavy atom. The molecule has 0 saturated heterocycles. The Balaban J connectivity index is 1.68. The van der Waals surface area contributed by atoms with E-state index in [4.69, 9.17) is 0 Å². The third-order valence-corrected chi connectivity index (χ3v) is 4.15. The number of nitriles is 1. The largest absolute Gasteiger partial charge is 0.369 e. The van der Waals surface area contributed by atoms with Gasteiger partial charge < -0.3 is 9.88 Å². The molecule has 0 radical (unpaired) electrons. The monoisotopic (exact) mass is 319 g/mol. The van der Waals surface area contributed by atoms with Gasteiger partial charge in [-0.05, 0) is 51.0 Å². The minimum Gasteiger partial charge on any atom is -0.369 e. The molecule has 3 rings (SSSR count). The molecule has 0 aliphatic heterocycles. The molecule has 0 spiro atoms. The zero-order valence-corrected chi connectivity index (χ0v) is 14.3. The molecule has 2 aromatic heterocycles. The smallest absolute Gasteiger partial charge is 0.144 e. The maximum atomic E-state index is 9.31. The van der Waals surface area contributed by atoms with Crippen molar-refractivity contribution < 1.29 is 0 Å². The van der Waals surface area contributed by atoms with Crippen molar-refractivity contribution >= 4 is 16.9 Å². The zero-order chi connectivity index (χ0) is 17.1. The van der Waals surface area contributed by atoms with E-state index < -0.39 is 0 Å². The van der Waals surface area contributed by atoms with Crippen molar-refractivity contribution in [1.29, 1.82) is 5.26 Å². The second-order valence-electron chi connectivity index (χ2n) is 6.00. The lowest BCUT2D eigenvalue weighted by atomic mass is 10.1. The van der Waals surface area contributed by atoms with Crippen molar-refractivity contribution in [1.82, 2.24) is 14.5 Å². The number of aryl methyl sites for hydroxylation is 4. The van der Waals surface area contributed by atoms with Gasteiger partial charge in [0.2, 0.25) is 0 Å². The topological polar surface area (TPSA) is 66.5 Å². The Morgan fingerprint density at radius 2 is 1.96 bits per heavy atom. The normalized spacial score (nSPS) is 10.8. The summed E-state index contributed by atoms with van der Waals surface area (Å²) in [6.45, 7) is 7.56. The average Bonchev–Trinajstić information content (AvgIpc) is 2.86. The second kappa shape index (κ2) is 6.71. The van der Waals surface area contributed by atoms with Gasteiger partial charge in [-0.25, -0.2) is 9.97 Å². The maximum Gasteiger partial charge on any atom is 0.144 e. The second-order valence-corrected chi connectivity index (χ2v) is 6.00. The molecule has 5 nitrogen and oxygen atoms in total. The highest BCUT2D eigenvalue weighted by Crippen LogP contribution is 2.18. The molecular formula is C19H21N5. The number of imidazole rings is 1. The Bertz CT molecular complexity index is 917. The highest BCUT2D eigenvalue weighted by atomic mass is 15.1. The number of nitrogens with one attached hydrogen (secondary N) is 1. The number of anilines is 1.